The van der Waals surface area contributed by atoms with Crippen molar-refractivity contribution >= 4 is 33.1 Å². The smallest absolute Gasteiger partial charge is 0.407 e. The number of rotatable bonds is 4. The van der Waals surface area contributed by atoms with Crippen LogP contribution in [-0.2, 0) is 11.3 Å². The minimum atomic E-state index is -0.604. The fraction of sp³-hybridized carbons (Fsp3) is 0.353. The van der Waals surface area contributed by atoms with Crippen LogP contribution in [0.25, 0.3) is 11.0 Å². The van der Waals surface area contributed by atoms with Crippen LogP contribution in [0.15, 0.2) is 34.8 Å². The summed E-state index contributed by atoms with van der Waals surface area (Å²) in [5, 5.41) is 11.5. The number of benzene rings is 1. The van der Waals surface area contributed by atoms with Crippen molar-refractivity contribution in [2.75, 3.05) is 6.54 Å². The highest BCUT2D eigenvalue weighted by Gasteiger charge is 2.15. The van der Waals surface area contributed by atoms with Crippen molar-refractivity contribution in [3.05, 3.63) is 40.4 Å². The Morgan fingerprint density at radius 2 is 2.24 bits per heavy atom. The van der Waals surface area contributed by atoms with Crippen molar-refractivity contribution in [3.63, 3.8) is 0 Å². The van der Waals surface area contributed by atoms with Crippen molar-refractivity contribution in [3.8, 4) is 6.07 Å². The third-order valence-electron chi connectivity index (χ3n) is 3.10. The van der Waals surface area contributed by atoms with Crippen molar-refractivity contribution < 1.29 is 13.9 Å². The van der Waals surface area contributed by atoms with Crippen LogP contribution in [0, 0.1) is 11.3 Å². The second kappa shape index (κ2) is 7.66. The topological polar surface area (TPSA) is 79.9 Å². The molecule has 1 heterocycles. The Morgan fingerprint density at radius 1 is 1.52 bits per heavy atom. The summed E-state index contributed by atoms with van der Waals surface area (Å²) in [6.07, 6.45) is 2.16. The van der Waals surface area contributed by atoms with Gasteiger partial charge in [-0.3, -0.25) is 0 Å². The van der Waals surface area contributed by atoms with Gasteiger partial charge in [0.15, 0.2) is 0 Å². The molecule has 0 aliphatic carbocycles. The molecule has 1 amide bonds. The minimum absolute atomic E-state index is 0.0144. The maximum Gasteiger partial charge on any atom is 0.407 e. The lowest BCUT2D eigenvalue weighted by atomic mass is 10.2. The molecule has 0 radical (unpaired) electrons. The lowest BCUT2D eigenvalue weighted by molar-refractivity contribution is 0.0534. The second-order valence-corrected chi connectivity index (χ2v) is 7.20. The monoisotopic (exact) mass is 408 g/mol. The molecular weight excluding hydrogens is 391 g/mol. The molecule has 0 saturated heterocycles. The Bertz CT molecular complexity index is 862. The number of imidazole rings is 1. The zero-order valence-electron chi connectivity index (χ0n) is 14.1. The van der Waals surface area contributed by atoms with Crippen LogP contribution in [0.3, 0.4) is 0 Å². The average molecular weight is 409 g/mol. The van der Waals surface area contributed by atoms with Crippen LogP contribution in [-0.4, -0.2) is 27.8 Å². The van der Waals surface area contributed by atoms with Gasteiger partial charge in [0, 0.05) is 11.0 Å². The summed E-state index contributed by atoms with van der Waals surface area (Å²) in [5.41, 5.74) is 1.15. The summed E-state index contributed by atoms with van der Waals surface area (Å²) in [6.45, 7) is 5.22. The molecule has 6 nitrogen and oxygen atoms in total. The highest BCUT2D eigenvalue weighted by Crippen LogP contribution is 2.25. The van der Waals surface area contributed by atoms with Crippen LogP contribution in [0.5, 0.6) is 0 Å². The van der Waals surface area contributed by atoms with Crippen molar-refractivity contribution in [1.29, 1.82) is 5.26 Å². The van der Waals surface area contributed by atoms with Gasteiger partial charge in [0.1, 0.15) is 16.9 Å². The predicted octanol–water partition coefficient (Wildman–Crippen LogP) is 4.05. The minimum Gasteiger partial charge on any atom is -0.444 e. The fourth-order valence-electron chi connectivity index (χ4n) is 2.10. The molecule has 0 saturated carbocycles. The van der Waals surface area contributed by atoms with E-state index >= 15 is 0 Å². The average Bonchev–Trinajstić information content (AvgIpc) is 2.88. The van der Waals surface area contributed by atoms with E-state index in [1.807, 2.05) is 0 Å². The zero-order chi connectivity index (χ0) is 18.6. The van der Waals surface area contributed by atoms with Crippen LogP contribution < -0.4 is 5.32 Å². The molecule has 2 aromatic rings. The van der Waals surface area contributed by atoms with Gasteiger partial charge < -0.3 is 14.6 Å². The van der Waals surface area contributed by atoms with Gasteiger partial charge in [-0.05, 0) is 54.9 Å². The van der Waals surface area contributed by atoms with E-state index in [4.69, 9.17) is 10.00 Å². The highest BCUT2D eigenvalue weighted by atomic mass is 79.9. The fourth-order valence-corrected chi connectivity index (χ4v) is 2.65. The Kier molecular flexibility index (Phi) is 5.80. The van der Waals surface area contributed by atoms with E-state index in [-0.39, 0.29) is 13.1 Å². The number of ether oxygens (including phenoxy) is 1. The third-order valence-corrected chi connectivity index (χ3v) is 3.70. The first-order chi connectivity index (χ1) is 11.7. The standard InChI is InChI=1S/C17H18BrFN4O2/c1-17(2,3)25-16(24)21-5-4-12(19)9-23-10-22-15-13(18)6-11(8-20)7-14(15)23/h4,6-7,10H,5,9H2,1-3H3,(H,21,24)/b12-4-. The number of nitrogens with zero attached hydrogens (tertiary/aromatic N) is 3. The quantitative estimate of drug-likeness (QED) is 0.827. The highest BCUT2D eigenvalue weighted by molar-refractivity contribution is 9.10. The zero-order valence-corrected chi connectivity index (χ0v) is 15.7. The SMILES string of the molecule is CC(C)(C)OC(=O)NC/C=C(\F)Cn1cnc2c(Br)cc(C#N)cc21. The van der Waals surface area contributed by atoms with Gasteiger partial charge in [0.2, 0.25) is 0 Å². The Balaban J connectivity index is 2.04. The summed E-state index contributed by atoms with van der Waals surface area (Å²) < 4.78 is 21.5. The number of fused-ring (bicyclic) bond motifs is 1. The summed E-state index contributed by atoms with van der Waals surface area (Å²) >= 11 is 3.35. The molecule has 1 aromatic carbocycles. The summed E-state index contributed by atoms with van der Waals surface area (Å²) in [6, 6.07) is 5.37. The van der Waals surface area contributed by atoms with Gasteiger partial charge in [0.25, 0.3) is 0 Å². The lowest BCUT2D eigenvalue weighted by Gasteiger charge is -2.19. The van der Waals surface area contributed by atoms with E-state index in [9.17, 15) is 9.18 Å². The maximum absolute atomic E-state index is 14.1. The van der Waals surface area contributed by atoms with Crippen LogP contribution in [0.4, 0.5) is 9.18 Å². The number of nitriles is 1. The number of carbonyl (C=O) groups is 1. The molecule has 1 N–H and O–H groups in total. The molecule has 8 heteroatoms. The number of halogens is 2. The summed E-state index contributed by atoms with van der Waals surface area (Å²) in [5.74, 6) is -0.436. The molecule has 0 bridgehead atoms. The van der Waals surface area contributed by atoms with E-state index in [0.717, 1.165) is 0 Å². The molecule has 0 unspecified atom stereocenters. The second-order valence-electron chi connectivity index (χ2n) is 6.34. The van der Waals surface area contributed by atoms with Gasteiger partial charge in [-0.25, -0.2) is 14.2 Å². The van der Waals surface area contributed by atoms with E-state index in [2.05, 4.69) is 32.3 Å². The van der Waals surface area contributed by atoms with Gasteiger partial charge in [-0.15, -0.1) is 0 Å². The Hall–Kier alpha value is -2.40. The molecule has 0 fully saturated rings. The maximum atomic E-state index is 14.1. The first kappa shape index (κ1) is 18.9. The molecule has 0 aliphatic heterocycles. The van der Waals surface area contributed by atoms with Crippen molar-refractivity contribution in [1.82, 2.24) is 14.9 Å². The number of carbonyl (C=O) groups excluding carboxylic acids is 1. The van der Waals surface area contributed by atoms with Gasteiger partial charge >= 0.3 is 6.09 Å². The van der Waals surface area contributed by atoms with Crippen LogP contribution >= 0.6 is 15.9 Å². The van der Waals surface area contributed by atoms with E-state index in [1.165, 1.54) is 12.4 Å². The number of allylic oxidation sites excluding steroid dienone is 1. The molecule has 2 rings (SSSR count). The Labute approximate surface area is 153 Å². The number of alkyl carbamates (subject to hydrolysis) is 1. The Morgan fingerprint density at radius 3 is 2.88 bits per heavy atom. The van der Waals surface area contributed by atoms with Crippen molar-refractivity contribution in [2.24, 2.45) is 0 Å². The first-order valence-electron chi connectivity index (χ1n) is 7.55. The lowest BCUT2D eigenvalue weighted by Crippen LogP contribution is -2.32. The molecule has 25 heavy (non-hydrogen) atoms. The summed E-state index contributed by atoms with van der Waals surface area (Å²) in [7, 11) is 0. The largest absolute Gasteiger partial charge is 0.444 e. The molecule has 0 aliphatic rings. The van der Waals surface area contributed by atoms with Crippen LogP contribution in [0.2, 0.25) is 0 Å². The van der Waals surface area contributed by atoms with E-state index in [0.29, 0.717) is 21.1 Å². The number of nitrogens with one attached hydrogen (secondary N) is 1. The van der Waals surface area contributed by atoms with Gasteiger partial charge in [-0.1, -0.05) is 0 Å². The van der Waals surface area contributed by atoms with Crippen molar-refractivity contribution in [2.45, 2.75) is 32.9 Å². The summed E-state index contributed by atoms with van der Waals surface area (Å²) in [4.78, 5) is 15.7. The number of aromatic nitrogens is 2. The number of hydrogen-bond acceptors (Lipinski definition) is 4. The molecule has 1 aromatic heterocycles. The third kappa shape index (κ3) is 5.29. The molecule has 0 atom stereocenters. The predicted molar refractivity (Wildman–Crippen MR) is 95.6 cm³/mol. The molecule has 132 valence electrons. The van der Waals surface area contributed by atoms with E-state index in [1.54, 1.807) is 37.5 Å². The number of amides is 1. The molecule has 0 spiro atoms. The van der Waals surface area contributed by atoms with Crippen LogP contribution in [0.1, 0.15) is 26.3 Å². The first-order valence-corrected chi connectivity index (χ1v) is 8.35. The van der Waals surface area contributed by atoms with Gasteiger partial charge in [-0.2, -0.15) is 5.26 Å². The van der Waals surface area contributed by atoms with Gasteiger partial charge in [0.05, 0.1) is 30.0 Å². The van der Waals surface area contributed by atoms with E-state index < -0.39 is 17.5 Å². The number of hydrogen-bond donors (Lipinski definition) is 1. The normalized spacial score (nSPS) is 12.1. The molecular formula is C17H18BrFN4O2.